The number of carbonyl (C=O) groups is 1. The number of aromatic amines is 1. The number of hydrogen-bond acceptors (Lipinski definition) is 6. The zero-order chi connectivity index (χ0) is 16.2. The van der Waals surface area contributed by atoms with Gasteiger partial charge in [0.2, 0.25) is 5.91 Å². The fourth-order valence-corrected chi connectivity index (χ4v) is 3.08. The second kappa shape index (κ2) is 7.18. The molecule has 2 aromatic rings. The van der Waals surface area contributed by atoms with Crippen molar-refractivity contribution < 1.29 is 9.53 Å². The molecule has 0 unspecified atom stereocenters. The molecule has 0 bridgehead atoms. The summed E-state index contributed by atoms with van der Waals surface area (Å²) >= 11 is 1.55. The maximum Gasteiger partial charge on any atom is 0.223 e. The number of nitrogens with zero attached hydrogens (tertiary/aromatic N) is 4. The van der Waals surface area contributed by atoms with Gasteiger partial charge in [0.05, 0.1) is 24.4 Å². The Balaban J connectivity index is 1.57. The van der Waals surface area contributed by atoms with Crippen LogP contribution in [-0.4, -0.2) is 50.7 Å². The molecule has 1 N–H and O–H groups in total. The van der Waals surface area contributed by atoms with Gasteiger partial charge in [-0.25, -0.2) is 9.97 Å². The van der Waals surface area contributed by atoms with Crippen LogP contribution in [0.25, 0.3) is 0 Å². The summed E-state index contributed by atoms with van der Waals surface area (Å²) in [6.45, 7) is 5.75. The SMILES string of the molecule is CC(C)c1n[nH]c([C@H]2CN(C(=O)CCc3cscn3)CCO2)n1. The molecule has 0 radical (unpaired) electrons. The van der Waals surface area contributed by atoms with Gasteiger partial charge in [-0.15, -0.1) is 11.3 Å². The lowest BCUT2D eigenvalue weighted by atomic mass is 10.2. The molecule has 1 saturated heterocycles. The van der Waals surface area contributed by atoms with Gasteiger partial charge in [-0.3, -0.25) is 9.89 Å². The van der Waals surface area contributed by atoms with Crippen LogP contribution in [0.1, 0.15) is 49.6 Å². The third kappa shape index (κ3) is 3.94. The Morgan fingerprint density at radius 2 is 2.43 bits per heavy atom. The highest BCUT2D eigenvalue weighted by Gasteiger charge is 2.27. The van der Waals surface area contributed by atoms with E-state index in [-0.39, 0.29) is 17.9 Å². The summed E-state index contributed by atoms with van der Waals surface area (Å²) in [5.74, 6) is 1.87. The van der Waals surface area contributed by atoms with E-state index < -0.39 is 0 Å². The van der Waals surface area contributed by atoms with E-state index in [1.807, 2.05) is 24.1 Å². The maximum atomic E-state index is 12.4. The minimum Gasteiger partial charge on any atom is -0.367 e. The lowest BCUT2D eigenvalue weighted by molar-refractivity contribution is -0.139. The summed E-state index contributed by atoms with van der Waals surface area (Å²) < 4.78 is 5.75. The molecule has 0 aliphatic carbocycles. The first-order chi connectivity index (χ1) is 11.1. The fourth-order valence-electron chi connectivity index (χ4n) is 2.49. The summed E-state index contributed by atoms with van der Waals surface area (Å²) in [5, 5.41) is 9.13. The molecule has 1 aliphatic rings. The van der Waals surface area contributed by atoms with Crippen LogP contribution in [0.4, 0.5) is 0 Å². The van der Waals surface area contributed by atoms with Crippen LogP contribution in [0.2, 0.25) is 0 Å². The molecule has 1 amide bonds. The molecule has 2 aromatic heterocycles. The van der Waals surface area contributed by atoms with Gasteiger partial charge in [-0.05, 0) is 6.42 Å². The van der Waals surface area contributed by atoms with E-state index in [0.29, 0.717) is 38.4 Å². The van der Waals surface area contributed by atoms with Gasteiger partial charge in [0.1, 0.15) is 6.10 Å². The number of nitrogens with one attached hydrogen (secondary N) is 1. The van der Waals surface area contributed by atoms with Gasteiger partial charge >= 0.3 is 0 Å². The molecule has 0 spiro atoms. The lowest BCUT2D eigenvalue weighted by Crippen LogP contribution is -2.42. The quantitative estimate of drug-likeness (QED) is 0.902. The number of carbonyl (C=O) groups excluding carboxylic acids is 1. The number of amides is 1. The zero-order valence-electron chi connectivity index (χ0n) is 13.4. The average molecular weight is 335 g/mol. The zero-order valence-corrected chi connectivity index (χ0v) is 14.2. The third-order valence-electron chi connectivity index (χ3n) is 3.84. The Hall–Kier alpha value is -1.80. The second-order valence-corrected chi connectivity index (χ2v) is 6.63. The van der Waals surface area contributed by atoms with Crippen LogP contribution < -0.4 is 0 Å². The summed E-state index contributed by atoms with van der Waals surface area (Å²) in [4.78, 5) is 22.9. The highest BCUT2D eigenvalue weighted by molar-refractivity contribution is 7.07. The summed E-state index contributed by atoms with van der Waals surface area (Å²) in [7, 11) is 0. The molecule has 3 heterocycles. The molecule has 7 nitrogen and oxygen atoms in total. The van der Waals surface area contributed by atoms with Crippen LogP contribution in [-0.2, 0) is 16.0 Å². The molecular formula is C15H21N5O2S. The van der Waals surface area contributed by atoms with Gasteiger partial charge in [-0.1, -0.05) is 13.8 Å². The van der Waals surface area contributed by atoms with Crippen molar-refractivity contribution in [2.75, 3.05) is 19.7 Å². The topological polar surface area (TPSA) is 84.0 Å². The molecular weight excluding hydrogens is 314 g/mol. The van der Waals surface area contributed by atoms with E-state index in [9.17, 15) is 4.79 Å². The Kier molecular flexibility index (Phi) is 5.02. The number of ether oxygens (including phenoxy) is 1. The van der Waals surface area contributed by atoms with E-state index in [0.717, 1.165) is 11.5 Å². The summed E-state index contributed by atoms with van der Waals surface area (Å²) in [6, 6.07) is 0. The monoisotopic (exact) mass is 335 g/mol. The van der Waals surface area contributed by atoms with Crippen molar-refractivity contribution in [2.24, 2.45) is 0 Å². The second-order valence-electron chi connectivity index (χ2n) is 5.91. The Labute approximate surface area is 139 Å². The highest BCUT2D eigenvalue weighted by atomic mass is 32.1. The summed E-state index contributed by atoms with van der Waals surface area (Å²) in [6.07, 6.45) is 0.931. The van der Waals surface area contributed by atoms with E-state index >= 15 is 0 Å². The first-order valence-corrected chi connectivity index (χ1v) is 8.76. The number of aryl methyl sites for hydroxylation is 1. The van der Waals surface area contributed by atoms with Gasteiger partial charge < -0.3 is 9.64 Å². The van der Waals surface area contributed by atoms with Gasteiger partial charge in [0.15, 0.2) is 11.6 Å². The normalized spacial score (nSPS) is 18.6. The van der Waals surface area contributed by atoms with Crippen LogP contribution in [0.15, 0.2) is 10.9 Å². The molecule has 3 rings (SSSR count). The van der Waals surface area contributed by atoms with Crippen LogP contribution in [0, 0.1) is 0 Å². The van der Waals surface area contributed by atoms with Crippen LogP contribution in [0.5, 0.6) is 0 Å². The van der Waals surface area contributed by atoms with Crippen molar-refractivity contribution in [3.8, 4) is 0 Å². The van der Waals surface area contributed by atoms with Crippen LogP contribution >= 0.6 is 11.3 Å². The number of thiazole rings is 1. The van der Waals surface area contributed by atoms with Crippen molar-refractivity contribution in [1.29, 1.82) is 0 Å². The van der Waals surface area contributed by atoms with Crippen molar-refractivity contribution in [1.82, 2.24) is 25.1 Å². The van der Waals surface area contributed by atoms with E-state index in [1.165, 1.54) is 0 Å². The predicted molar refractivity (Wildman–Crippen MR) is 86.2 cm³/mol. The number of rotatable bonds is 5. The number of morpholine rings is 1. The van der Waals surface area contributed by atoms with Crippen molar-refractivity contribution in [3.63, 3.8) is 0 Å². The standard InChI is InChI=1S/C15H21N5O2S/c1-10(2)14-17-15(19-18-14)12-7-20(5-6-22-12)13(21)4-3-11-8-23-9-16-11/h8-10,12H,3-7H2,1-2H3,(H,17,18,19)/t12-/m1/s1. The fraction of sp³-hybridized carbons (Fsp3) is 0.600. The smallest absolute Gasteiger partial charge is 0.223 e. The van der Waals surface area contributed by atoms with Gasteiger partial charge in [-0.2, -0.15) is 5.10 Å². The molecule has 23 heavy (non-hydrogen) atoms. The van der Waals surface area contributed by atoms with E-state index in [1.54, 1.807) is 16.8 Å². The third-order valence-corrected chi connectivity index (χ3v) is 4.47. The predicted octanol–water partition coefficient (Wildman–Crippen LogP) is 1.92. The minimum absolute atomic E-state index is 0.134. The number of hydrogen-bond donors (Lipinski definition) is 1. The Morgan fingerprint density at radius 1 is 1.57 bits per heavy atom. The lowest BCUT2D eigenvalue weighted by Gasteiger charge is -2.31. The van der Waals surface area contributed by atoms with Crippen molar-refractivity contribution in [3.05, 3.63) is 28.2 Å². The first-order valence-electron chi connectivity index (χ1n) is 7.82. The maximum absolute atomic E-state index is 12.4. The van der Waals surface area contributed by atoms with Gasteiger partial charge in [0, 0.05) is 24.3 Å². The molecule has 124 valence electrons. The molecule has 1 fully saturated rings. The first kappa shape index (κ1) is 16.1. The molecule has 1 aliphatic heterocycles. The molecule has 1 atom stereocenters. The number of aromatic nitrogens is 4. The van der Waals surface area contributed by atoms with E-state index in [4.69, 9.17) is 4.74 Å². The van der Waals surface area contributed by atoms with Crippen molar-refractivity contribution >= 4 is 17.2 Å². The molecule has 0 saturated carbocycles. The van der Waals surface area contributed by atoms with Gasteiger partial charge in [0.25, 0.3) is 0 Å². The average Bonchev–Trinajstić information content (AvgIpc) is 3.24. The Bertz CT molecular complexity index is 640. The molecule has 0 aromatic carbocycles. The minimum atomic E-state index is -0.230. The highest BCUT2D eigenvalue weighted by Crippen LogP contribution is 2.21. The molecule has 8 heteroatoms. The largest absolute Gasteiger partial charge is 0.367 e. The van der Waals surface area contributed by atoms with Crippen LogP contribution in [0.3, 0.4) is 0 Å². The Morgan fingerprint density at radius 3 is 3.13 bits per heavy atom. The van der Waals surface area contributed by atoms with Crippen molar-refractivity contribution in [2.45, 2.75) is 38.7 Å². The number of H-pyrrole nitrogens is 1. The van der Waals surface area contributed by atoms with E-state index in [2.05, 4.69) is 20.2 Å². The summed E-state index contributed by atoms with van der Waals surface area (Å²) in [5.41, 5.74) is 2.77.